The Morgan fingerprint density at radius 2 is 1.32 bits per heavy atom. The van der Waals surface area contributed by atoms with E-state index in [-0.39, 0.29) is 29.3 Å². The van der Waals surface area contributed by atoms with Gasteiger partial charge in [-0.2, -0.15) is 4.31 Å². The molecule has 0 spiro atoms. The number of amides is 1. The minimum absolute atomic E-state index is 0. The van der Waals surface area contributed by atoms with Gasteiger partial charge < -0.3 is 4.90 Å². The lowest BCUT2D eigenvalue weighted by molar-refractivity contribution is -0.138. The van der Waals surface area contributed by atoms with Gasteiger partial charge in [-0.25, -0.2) is 8.42 Å². The van der Waals surface area contributed by atoms with Gasteiger partial charge in [0.15, 0.2) is 0 Å². The van der Waals surface area contributed by atoms with E-state index in [4.69, 9.17) is 0 Å². The molecule has 0 bridgehead atoms. The second-order valence-corrected chi connectivity index (χ2v) is 11.9. The van der Waals surface area contributed by atoms with Gasteiger partial charge in [0.2, 0.25) is 15.9 Å². The minimum Gasteiger partial charge on any atom is -0.339 e. The molecule has 2 aliphatic rings. The van der Waals surface area contributed by atoms with Crippen LogP contribution in [0.3, 0.4) is 0 Å². The van der Waals surface area contributed by atoms with Gasteiger partial charge in [0, 0.05) is 32.7 Å². The fraction of sp³-hybridized carbons (Fsp3) is 0.367. The number of carbonyl (C=O) groups excluding carboxylic acids is 1. The molecule has 6 nitrogen and oxygen atoms in total. The van der Waals surface area contributed by atoms with Crippen LogP contribution in [-0.4, -0.2) is 67.2 Å². The van der Waals surface area contributed by atoms with Crippen LogP contribution < -0.4 is 0 Å². The summed E-state index contributed by atoms with van der Waals surface area (Å²) in [6.07, 6.45) is 2.21. The zero-order valence-corrected chi connectivity index (χ0v) is 23.4. The summed E-state index contributed by atoms with van der Waals surface area (Å²) in [5.41, 5.74) is 3.47. The fourth-order valence-corrected chi connectivity index (χ4v) is 7.23. The number of piperidine rings is 1. The van der Waals surface area contributed by atoms with Gasteiger partial charge in [-0.3, -0.25) is 9.69 Å². The number of aryl methyl sites for hydroxylation is 1. The molecule has 8 heteroatoms. The van der Waals surface area contributed by atoms with E-state index in [1.807, 2.05) is 36.1 Å². The number of benzene rings is 3. The summed E-state index contributed by atoms with van der Waals surface area (Å²) in [7, 11) is -3.73. The third-order valence-corrected chi connectivity index (χ3v) is 9.51. The lowest BCUT2D eigenvalue weighted by Crippen LogP contribution is -2.57. The fourth-order valence-electron chi connectivity index (χ4n) is 5.58. The van der Waals surface area contributed by atoms with Gasteiger partial charge in [0.05, 0.1) is 10.9 Å². The van der Waals surface area contributed by atoms with Crippen LogP contribution in [0.5, 0.6) is 0 Å². The largest absolute Gasteiger partial charge is 0.339 e. The maximum absolute atomic E-state index is 13.7. The van der Waals surface area contributed by atoms with Gasteiger partial charge >= 0.3 is 0 Å². The molecule has 0 aliphatic carbocycles. The molecule has 0 aromatic heterocycles. The summed E-state index contributed by atoms with van der Waals surface area (Å²) in [4.78, 5) is 18.3. The molecule has 0 N–H and O–H groups in total. The van der Waals surface area contributed by atoms with Crippen LogP contribution in [0, 0.1) is 6.92 Å². The highest BCUT2D eigenvalue weighted by molar-refractivity contribution is 7.89. The molecular weight excluding hydrogens is 518 g/mol. The Morgan fingerprint density at radius 3 is 1.87 bits per heavy atom. The Hall–Kier alpha value is -2.71. The Labute approximate surface area is 232 Å². The second kappa shape index (κ2) is 12.4. The zero-order chi connectivity index (χ0) is 25.8. The molecule has 3 aromatic rings. The Bertz CT molecular complexity index is 1260. The van der Waals surface area contributed by atoms with Crippen LogP contribution in [-0.2, 0) is 14.8 Å². The van der Waals surface area contributed by atoms with E-state index in [0.29, 0.717) is 26.1 Å². The highest BCUT2D eigenvalue weighted by Crippen LogP contribution is 2.31. The van der Waals surface area contributed by atoms with Crippen LogP contribution >= 0.6 is 12.4 Å². The summed E-state index contributed by atoms with van der Waals surface area (Å²) in [5.74, 6) is -0.0639. The Morgan fingerprint density at radius 1 is 0.763 bits per heavy atom. The highest BCUT2D eigenvalue weighted by Gasteiger charge is 2.40. The van der Waals surface area contributed by atoms with Crippen molar-refractivity contribution in [2.45, 2.75) is 43.2 Å². The van der Waals surface area contributed by atoms with Crippen molar-refractivity contribution < 1.29 is 13.2 Å². The van der Waals surface area contributed by atoms with E-state index in [0.717, 1.165) is 31.5 Å². The molecule has 1 unspecified atom stereocenters. The van der Waals surface area contributed by atoms with Crippen molar-refractivity contribution in [3.05, 3.63) is 102 Å². The van der Waals surface area contributed by atoms with Crippen LogP contribution in [0.25, 0.3) is 0 Å². The number of piperazine rings is 1. The summed E-state index contributed by atoms with van der Waals surface area (Å²) in [6, 6.07) is 27.4. The molecule has 2 heterocycles. The van der Waals surface area contributed by atoms with Crippen LogP contribution in [0.1, 0.15) is 42.0 Å². The van der Waals surface area contributed by atoms with Crippen LogP contribution in [0.2, 0.25) is 0 Å². The first-order chi connectivity index (χ1) is 17.9. The molecule has 2 saturated heterocycles. The van der Waals surface area contributed by atoms with Gasteiger partial charge in [-0.1, -0.05) is 84.8 Å². The number of halogens is 1. The highest BCUT2D eigenvalue weighted by atomic mass is 35.5. The number of sulfonamides is 1. The van der Waals surface area contributed by atoms with Crippen molar-refractivity contribution in [1.29, 1.82) is 0 Å². The van der Waals surface area contributed by atoms with Gasteiger partial charge in [0.25, 0.3) is 0 Å². The first kappa shape index (κ1) is 28.3. The molecule has 3 aromatic carbocycles. The quantitative estimate of drug-likeness (QED) is 0.436. The van der Waals surface area contributed by atoms with Crippen molar-refractivity contribution in [1.82, 2.24) is 14.1 Å². The summed E-state index contributed by atoms with van der Waals surface area (Å²) >= 11 is 0. The number of hydrogen-bond donors (Lipinski definition) is 0. The lowest BCUT2D eigenvalue weighted by Gasteiger charge is -2.42. The third-order valence-electron chi connectivity index (χ3n) is 7.59. The third kappa shape index (κ3) is 5.96. The SMILES string of the molecule is Cc1ccc(S(=O)(=O)N2CCCCC2C(=O)N2CCN(C(c3ccccc3)c3ccccc3)CC2)cc1.Cl. The molecule has 202 valence electrons. The van der Waals surface area contributed by atoms with Gasteiger partial charge in [-0.05, 0) is 43.0 Å². The Balaban J connectivity index is 0.00000336. The molecule has 2 aliphatic heterocycles. The molecule has 38 heavy (non-hydrogen) atoms. The number of carbonyl (C=O) groups is 1. The van der Waals surface area contributed by atoms with E-state index in [9.17, 15) is 13.2 Å². The predicted octanol–water partition coefficient (Wildman–Crippen LogP) is 4.89. The molecular formula is C30H36ClN3O3S. The van der Waals surface area contributed by atoms with Crippen LogP contribution in [0.15, 0.2) is 89.8 Å². The smallest absolute Gasteiger partial charge is 0.243 e. The monoisotopic (exact) mass is 553 g/mol. The number of rotatable bonds is 6. The van der Waals surface area contributed by atoms with E-state index < -0.39 is 16.1 Å². The van der Waals surface area contributed by atoms with Crippen molar-refractivity contribution >= 4 is 28.3 Å². The predicted molar refractivity (Wildman–Crippen MR) is 153 cm³/mol. The second-order valence-electron chi connectivity index (χ2n) is 10.0. The maximum atomic E-state index is 13.7. The summed E-state index contributed by atoms with van der Waals surface area (Å²) in [5, 5.41) is 0. The molecule has 0 radical (unpaired) electrons. The van der Waals surface area contributed by atoms with Crippen molar-refractivity contribution in [3.8, 4) is 0 Å². The van der Waals surface area contributed by atoms with Crippen LogP contribution in [0.4, 0.5) is 0 Å². The van der Waals surface area contributed by atoms with E-state index in [2.05, 4.69) is 53.4 Å². The van der Waals surface area contributed by atoms with Crippen molar-refractivity contribution in [2.75, 3.05) is 32.7 Å². The average Bonchev–Trinajstić information content (AvgIpc) is 2.95. The summed E-state index contributed by atoms with van der Waals surface area (Å²) < 4.78 is 28.4. The topological polar surface area (TPSA) is 60.9 Å². The van der Waals surface area contributed by atoms with E-state index in [1.54, 1.807) is 12.1 Å². The van der Waals surface area contributed by atoms with Gasteiger partial charge in [0.1, 0.15) is 6.04 Å². The van der Waals surface area contributed by atoms with E-state index in [1.165, 1.54) is 15.4 Å². The molecule has 2 fully saturated rings. The first-order valence-electron chi connectivity index (χ1n) is 13.2. The van der Waals surface area contributed by atoms with E-state index >= 15 is 0 Å². The van der Waals surface area contributed by atoms with Crippen molar-refractivity contribution in [3.63, 3.8) is 0 Å². The minimum atomic E-state index is -3.73. The van der Waals surface area contributed by atoms with Crippen molar-refractivity contribution in [2.24, 2.45) is 0 Å². The normalized spacial score (nSPS) is 19.2. The number of hydrogen-bond acceptors (Lipinski definition) is 4. The van der Waals surface area contributed by atoms with Gasteiger partial charge in [-0.15, -0.1) is 12.4 Å². The summed E-state index contributed by atoms with van der Waals surface area (Å²) in [6.45, 7) is 4.96. The molecule has 1 amide bonds. The standard InChI is InChI=1S/C30H35N3O3S.ClH/c1-24-15-17-27(18-16-24)37(35,36)33-19-9-8-14-28(33)30(34)32-22-20-31(21-23-32)29(25-10-4-2-5-11-25)26-12-6-3-7-13-26;/h2-7,10-13,15-18,28-29H,8-9,14,19-23H2,1H3;1H. The molecule has 1 atom stereocenters. The molecule has 0 saturated carbocycles. The Kier molecular flexibility index (Phi) is 9.26. The maximum Gasteiger partial charge on any atom is 0.243 e. The number of nitrogens with zero attached hydrogens (tertiary/aromatic N) is 3. The zero-order valence-electron chi connectivity index (χ0n) is 21.8. The lowest BCUT2D eigenvalue weighted by atomic mass is 9.96. The average molecular weight is 554 g/mol. The molecule has 5 rings (SSSR count). The first-order valence-corrected chi connectivity index (χ1v) is 14.6.